The van der Waals surface area contributed by atoms with Gasteiger partial charge in [0.1, 0.15) is 16.7 Å². The molecule has 0 N–H and O–H groups in total. The molecule has 0 spiro atoms. The van der Waals surface area contributed by atoms with Crippen LogP contribution in [0.25, 0.3) is 87.8 Å². The van der Waals surface area contributed by atoms with Crippen molar-refractivity contribution >= 4 is 54.5 Å². The van der Waals surface area contributed by atoms with E-state index < -0.39 is 0 Å². The minimum Gasteiger partial charge on any atom is -0.464 e. The van der Waals surface area contributed by atoms with Crippen molar-refractivity contribution in [2.24, 2.45) is 0 Å². The maximum Gasteiger partial charge on any atom is 0.147 e. The Morgan fingerprint density at radius 2 is 0.905 bits per heavy atom. The van der Waals surface area contributed by atoms with E-state index in [2.05, 4.69) is 121 Å². The summed E-state index contributed by atoms with van der Waals surface area (Å²) in [6.07, 6.45) is 1.74. The van der Waals surface area contributed by atoms with Crippen molar-refractivity contribution in [2.75, 3.05) is 0 Å². The Kier molecular flexibility index (Phi) is 4.93. The molecule has 9 aromatic rings. The second-order valence-electron chi connectivity index (χ2n) is 10.8. The van der Waals surface area contributed by atoms with E-state index in [0.29, 0.717) is 0 Å². The van der Waals surface area contributed by atoms with E-state index in [1.54, 1.807) is 6.26 Å². The largest absolute Gasteiger partial charge is 0.464 e. The Hall–Kier alpha value is -5.60. The lowest BCUT2D eigenvalue weighted by molar-refractivity contribution is 0.615. The van der Waals surface area contributed by atoms with Gasteiger partial charge in [-0.25, -0.2) is 0 Å². The molecule has 2 heterocycles. The Morgan fingerprint density at radius 3 is 1.55 bits per heavy atom. The second kappa shape index (κ2) is 8.95. The van der Waals surface area contributed by atoms with Gasteiger partial charge in [0.2, 0.25) is 0 Å². The van der Waals surface area contributed by atoms with Crippen LogP contribution in [0, 0.1) is 0 Å². The number of hydrogen-bond acceptors (Lipinski definition) is 2. The van der Waals surface area contributed by atoms with Crippen molar-refractivity contribution in [3.8, 4) is 33.4 Å². The average molecular weight is 537 g/mol. The van der Waals surface area contributed by atoms with Crippen molar-refractivity contribution in [2.45, 2.75) is 0 Å². The number of benzene rings is 7. The first-order chi connectivity index (χ1) is 20.8. The van der Waals surface area contributed by atoms with Crippen molar-refractivity contribution in [3.63, 3.8) is 0 Å². The van der Waals surface area contributed by atoms with E-state index in [9.17, 15) is 0 Å². The zero-order valence-electron chi connectivity index (χ0n) is 22.7. The first-order valence-corrected chi connectivity index (χ1v) is 14.3. The van der Waals surface area contributed by atoms with E-state index >= 15 is 0 Å². The lowest BCUT2D eigenvalue weighted by atomic mass is 9.85. The predicted octanol–water partition coefficient (Wildman–Crippen LogP) is 11.6. The molecule has 0 amide bonds. The lowest BCUT2D eigenvalue weighted by Gasteiger charge is -2.18. The molecule has 196 valence electrons. The van der Waals surface area contributed by atoms with Crippen molar-refractivity contribution in [1.82, 2.24) is 0 Å². The summed E-state index contributed by atoms with van der Waals surface area (Å²) in [5.41, 5.74) is 9.78. The van der Waals surface area contributed by atoms with Crippen LogP contribution in [0.2, 0.25) is 0 Å². The molecule has 0 radical (unpaired) electrons. The molecule has 9 rings (SSSR count). The SMILES string of the molecule is c1ccc(-c2c3ccccc3c(-c3ccc(-c4cc5occc5c5oc6ccccc6c45)cc3)c3ccccc23)cc1. The second-order valence-corrected chi connectivity index (χ2v) is 10.8. The summed E-state index contributed by atoms with van der Waals surface area (Å²) in [6.45, 7) is 0. The average Bonchev–Trinajstić information content (AvgIpc) is 3.69. The van der Waals surface area contributed by atoms with Crippen LogP contribution in [0.1, 0.15) is 0 Å². The molecule has 2 nitrogen and oxygen atoms in total. The Bertz CT molecular complexity index is 2380. The van der Waals surface area contributed by atoms with Crippen LogP contribution in [0.15, 0.2) is 155 Å². The fraction of sp³-hybridized carbons (Fsp3) is 0. The van der Waals surface area contributed by atoms with Gasteiger partial charge in [-0.1, -0.05) is 121 Å². The Balaban J connectivity index is 1.29. The number of hydrogen-bond donors (Lipinski definition) is 0. The predicted molar refractivity (Wildman–Crippen MR) is 175 cm³/mol. The maximum absolute atomic E-state index is 6.36. The van der Waals surface area contributed by atoms with Crippen molar-refractivity contribution in [1.29, 1.82) is 0 Å². The highest BCUT2D eigenvalue weighted by molar-refractivity contribution is 6.22. The van der Waals surface area contributed by atoms with Gasteiger partial charge in [-0.2, -0.15) is 0 Å². The van der Waals surface area contributed by atoms with E-state index in [-0.39, 0.29) is 0 Å². The topological polar surface area (TPSA) is 26.3 Å². The van der Waals surface area contributed by atoms with Crippen LogP contribution < -0.4 is 0 Å². The van der Waals surface area contributed by atoms with Crippen molar-refractivity contribution in [3.05, 3.63) is 146 Å². The Morgan fingerprint density at radius 1 is 0.381 bits per heavy atom. The summed E-state index contributed by atoms with van der Waals surface area (Å²) >= 11 is 0. The van der Waals surface area contributed by atoms with Crippen LogP contribution in [-0.2, 0) is 0 Å². The summed E-state index contributed by atoms with van der Waals surface area (Å²) in [5.74, 6) is 0. The third kappa shape index (κ3) is 3.33. The summed E-state index contributed by atoms with van der Waals surface area (Å²) < 4.78 is 12.2. The van der Waals surface area contributed by atoms with Gasteiger partial charge < -0.3 is 8.83 Å². The van der Waals surface area contributed by atoms with Gasteiger partial charge in [0.25, 0.3) is 0 Å². The molecular formula is C40H24O2. The standard InChI is InChI=1S/C40H24O2/c1-2-10-26(11-3-1)37-28-12-4-6-14-30(28)38(31-15-7-5-13-29(31)37)27-20-18-25(19-21-27)34-24-36-33(22-23-41-36)40-39(34)32-16-8-9-17-35(32)42-40/h1-24H. The molecule has 42 heavy (non-hydrogen) atoms. The molecule has 7 aromatic carbocycles. The van der Waals surface area contributed by atoms with Crippen LogP contribution >= 0.6 is 0 Å². The van der Waals surface area contributed by atoms with Crippen LogP contribution in [0.4, 0.5) is 0 Å². The van der Waals surface area contributed by atoms with E-state index in [1.807, 2.05) is 18.2 Å². The maximum atomic E-state index is 6.36. The zero-order valence-corrected chi connectivity index (χ0v) is 22.7. The third-order valence-electron chi connectivity index (χ3n) is 8.56. The molecule has 0 bridgehead atoms. The van der Waals surface area contributed by atoms with Gasteiger partial charge >= 0.3 is 0 Å². The van der Waals surface area contributed by atoms with Gasteiger partial charge in [-0.3, -0.25) is 0 Å². The van der Waals surface area contributed by atoms with Crippen LogP contribution in [0.5, 0.6) is 0 Å². The molecule has 0 aliphatic rings. The number of para-hydroxylation sites is 1. The molecule has 0 atom stereocenters. The highest BCUT2D eigenvalue weighted by Gasteiger charge is 2.19. The van der Waals surface area contributed by atoms with Gasteiger partial charge in [0.15, 0.2) is 0 Å². The molecule has 0 saturated heterocycles. The molecule has 0 fully saturated rings. The summed E-state index contributed by atoms with van der Waals surface area (Å²) in [5, 5.41) is 8.26. The molecule has 0 aliphatic carbocycles. The highest BCUT2D eigenvalue weighted by atomic mass is 16.3. The quantitative estimate of drug-likeness (QED) is 0.210. The summed E-state index contributed by atoms with van der Waals surface area (Å²) in [6, 6.07) is 49.7. The van der Waals surface area contributed by atoms with Gasteiger partial charge in [0.05, 0.1) is 11.6 Å². The lowest BCUT2D eigenvalue weighted by Crippen LogP contribution is -1.90. The molecule has 0 saturated carbocycles. The Labute approximate surface area is 242 Å². The van der Waals surface area contributed by atoms with Gasteiger partial charge in [-0.15, -0.1) is 0 Å². The highest BCUT2D eigenvalue weighted by Crippen LogP contribution is 2.45. The monoisotopic (exact) mass is 536 g/mol. The fourth-order valence-electron chi connectivity index (χ4n) is 6.73. The molecule has 0 aliphatic heterocycles. The van der Waals surface area contributed by atoms with E-state index in [1.165, 1.54) is 43.8 Å². The molecule has 2 heteroatoms. The third-order valence-corrected chi connectivity index (χ3v) is 8.56. The number of rotatable bonds is 3. The fourth-order valence-corrected chi connectivity index (χ4v) is 6.73. The summed E-state index contributed by atoms with van der Waals surface area (Å²) in [4.78, 5) is 0. The van der Waals surface area contributed by atoms with Crippen molar-refractivity contribution < 1.29 is 8.83 Å². The molecule has 2 aromatic heterocycles. The minimum absolute atomic E-state index is 0.828. The molecular weight excluding hydrogens is 512 g/mol. The zero-order chi connectivity index (χ0) is 27.6. The summed E-state index contributed by atoms with van der Waals surface area (Å²) in [7, 11) is 0. The van der Waals surface area contributed by atoms with Crippen LogP contribution in [0.3, 0.4) is 0 Å². The minimum atomic E-state index is 0.828. The molecule has 0 unspecified atom stereocenters. The number of fused-ring (bicyclic) bond motifs is 7. The van der Waals surface area contributed by atoms with E-state index in [0.717, 1.165) is 44.0 Å². The first-order valence-electron chi connectivity index (χ1n) is 14.3. The smallest absolute Gasteiger partial charge is 0.147 e. The number of furan rings is 2. The van der Waals surface area contributed by atoms with Gasteiger partial charge in [0, 0.05) is 10.8 Å². The first kappa shape index (κ1) is 23.1. The normalized spacial score (nSPS) is 11.8. The van der Waals surface area contributed by atoms with Crippen LogP contribution in [-0.4, -0.2) is 0 Å². The van der Waals surface area contributed by atoms with Gasteiger partial charge in [-0.05, 0) is 73.1 Å². The van der Waals surface area contributed by atoms with E-state index in [4.69, 9.17) is 8.83 Å².